The Hall–Kier alpha value is -0.340. The average Bonchev–Trinajstić information content (AvgIpc) is 2.47. The van der Waals surface area contributed by atoms with Gasteiger partial charge in [0.05, 0.1) is 6.10 Å². The van der Waals surface area contributed by atoms with Gasteiger partial charge in [0.25, 0.3) is 0 Å². The summed E-state index contributed by atoms with van der Waals surface area (Å²) < 4.78 is 5.66. The lowest BCUT2D eigenvalue weighted by molar-refractivity contribution is 0.0642. The van der Waals surface area contributed by atoms with Gasteiger partial charge in [-0.25, -0.2) is 0 Å². The van der Waals surface area contributed by atoms with E-state index in [1.165, 1.54) is 6.42 Å². The van der Waals surface area contributed by atoms with Crippen molar-refractivity contribution >= 4 is 0 Å². The van der Waals surface area contributed by atoms with Crippen LogP contribution in [0.5, 0.6) is 0 Å². The number of ether oxygens (including phenoxy) is 1. The van der Waals surface area contributed by atoms with Gasteiger partial charge in [0.15, 0.2) is 0 Å². The van der Waals surface area contributed by atoms with Crippen molar-refractivity contribution in [1.82, 2.24) is 5.32 Å². The molecule has 1 aliphatic heterocycles. The normalized spacial score (nSPS) is 31.8. The first-order valence-electron chi connectivity index (χ1n) is 4.69. The third-order valence-corrected chi connectivity index (χ3v) is 2.63. The minimum Gasteiger partial charge on any atom is -0.376 e. The number of hydrogen-bond acceptors (Lipinski definition) is 2. The van der Waals surface area contributed by atoms with E-state index < -0.39 is 0 Å². The van der Waals surface area contributed by atoms with Crippen LogP contribution in [0.1, 0.15) is 19.8 Å². The van der Waals surface area contributed by atoms with E-state index >= 15 is 0 Å². The smallest absolute Gasteiger partial charge is 0.0757 e. The molecule has 1 heterocycles. The highest BCUT2D eigenvalue weighted by atomic mass is 16.5. The summed E-state index contributed by atoms with van der Waals surface area (Å²) in [7, 11) is 1.99. The number of hydrogen-bond donors (Lipinski definition) is 1. The maximum Gasteiger partial charge on any atom is 0.0757 e. The SMILES string of the molecule is C=CCC(NC)C1OCCC1C. The molecule has 0 aliphatic carbocycles. The molecule has 0 amide bonds. The number of likely N-dealkylation sites (N-methyl/N-ethyl adjacent to an activating group) is 1. The van der Waals surface area contributed by atoms with Crippen molar-refractivity contribution < 1.29 is 4.74 Å². The Balaban J connectivity index is 2.46. The third kappa shape index (κ3) is 2.08. The summed E-state index contributed by atoms with van der Waals surface area (Å²) >= 11 is 0. The molecule has 0 aromatic carbocycles. The summed E-state index contributed by atoms with van der Waals surface area (Å²) in [5.41, 5.74) is 0. The molecule has 0 bridgehead atoms. The molecule has 1 N–H and O–H groups in total. The second kappa shape index (κ2) is 4.63. The maximum atomic E-state index is 5.66. The molecule has 2 nitrogen and oxygen atoms in total. The van der Waals surface area contributed by atoms with Gasteiger partial charge in [0, 0.05) is 12.6 Å². The first-order valence-corrected chi connectivity index (χ1v) is 4.69. The standard InChI is InChI=1S/C10H19NO/c1-4-5-9(11-3)10-8(2)6-7-12-10/h4,8-11H,1,5-7H2,2-3H3. The summed E-state index contributed by atoms with van der Waals surface area (Å²) in [6.07, 6.45) is 4.52. The van der Waals surface area contributed by atoms with Gasteiger partial charge in [0.1, 0.15) is 0 Å². The summed E-state index contributed by atoms with van der Waals surface area (Å²) in [6, 6.07) is 0.444. The highest BCUT2D eigenvalue weighted by Crippen LogP contribution is 2.24. The van der Waals surface area contributed by atoms with Crippen LogP contribution in [0.4, 0.5) is 0 Å². The monoisotopic (exact) mass is 169 g/mol. The van der Waals surface area contributed by atoms with Crippen LogP contribution in [0.2, 0.25) is 0 Å². The minimum absolute atomic E-state index is 0.382. The molecular weight excluding hydrogens is 150 g/mol. The van der Waals surface area contributed by atoms with E-state index in [-0.39, 0.29) is 0 Å². The Morgan fingerprint density at radius 2 is 2.50 bits per heavy atom. The van der Waals surface area contributed by atoms with Crippen LogP contribution in [0, 0.1) is 5.92 Å². The van der Waals surface area contributed by atoms with Crippen LogP contribution < -0.4 is 5.32 Å². The van der Waals surface area contributed by atoms with Crippen LogP contribution >= 0.6 is 0 Å². The van der Waals surface area contributed by atoms with Crippen molar-refractivity contribution in [3.63, 3.8) is 0 Å². The number of rotatable bonds is 4. The molecule has 12 heavy (non-hydrogen) atoms. The Morgan fingerprint density at radius 3 is 2.92 bits per heavy atom. The van der Waals surface area contributed by atoms with Gasteiger partial charge in [-0.2, -0.15) is 0 Å². The van der Waals surface area contributed by atoms with Gasteiger partial charge in [-0.1, -0.05) is 13.0 Å². The molecule has 0 saturated carbocycles. The van der Waals surface area contributed by atoms with E-state index in [0.717, 1.165) is 13.0 Å². The quantitative estimate of drug-likeness (QED) is 0.645. The van der Waals surface area contributed by atoms with Gasteiger partial charge in [0.2, 0.25) is 0 Å². The molecule has 0 aromatic rings. The maximum absolute atomic E-state index is 5.66. The number of nitrogens with one attached hydrogen (secondary N) is 1. The van der Waals surface area contributed by atoms with Crippen molar-refractivity contribution in [2.24, 2.45) is 5.92 Å². The van der Waals surface area contributed by atoms with E-state index in [0.29, 0.717) is 18.1 Å². The lowest BCUT2D eigenvalue weighted by atomic mass is 9.96. The molecule has 0 spiro atoms. The lowest BCUT2D eigenvalue weighted by Crippen LogP contribution is -2.39. The second-order valence-electron chi connectivity index (χ2n) is 3.52. The predicted octanol–water partition coefficient (Wildman–Crippen LogP) is 1.58. The highest BCUT2D eigenvalue weighted by molar-refractivity contribution is 4.88. The summed E-state index contributed by atoms with van der Waals surface area (Å²) in [4.78, 5) is 0. The first kappa shape index (κ1) is 9.75. The first-order chi connectivity index (χ1) is 5.79. The third-order valence-electron chi connectivity index (χ3n) is 2.63. The van der Waals surface area contributed by atoms with Crippen LogP contribution in [-0.2, 0) is 4.74 Å². The van der Waals surface area contributed by atoms with Crippen molar-refractivity contribution in [2.75, 3.05) is 13.7 Å². The molecule has 1 aliphatic rings. The molecule has 1 saturated heterocycles. The topological polar surface area (TPSA) is 21.3 Å². The summed E-state index contributed by atoms with van der Waals surface area (Å²) in [5.74, 6) is 0.683. The molecule has 3 unspecified atom stereocenters. The van der Waals surface area contributed by atoms with Crippen molar-refractivity contribution in [1.29, 1.82) is 0 Å². The minimum atomic E-state index is 0.382. The van der Waals surface area contributed by atoms with Gasteiger partial charge in [-0.05, 0) is 25.8 Å². The largest absolute Gasteiger partial charge is 0.376 e. The van der Waals surface area contributed by atoms with E-state index in [4.69, 9.17) is 4.74 Å². The average molecular weight is 169 g/mol. The van der Waals surface area contributed by atoms with Crippen LogP contribution in [0.3, 0.4) is 0 Å². The van der Waals surface area contributed by atoms with Crippen LogP contribution in [0.25, 0.3) is 0 Å². The summed E-state index contributed by atoms with van der Waals surface area (Å²) in [5, 5.41) is 3.28. The Kier molecular flexibility index (Phi) is 3.76. The lowest BCUT2D eigenvalue weighted by Gasteiger charge is -2.24. The van der Waals surface area contributed by atoms with Crippen molar-refractivity contribution in [3.05, 3.63) is 12.7 Å². The second-order valence-corrected chi connectivity index (χ2v) is 3.52. The zero-order chi connectivity index (χ0) is 8.97. The highest BCUT2D eigenvalue weighted by Gasteiger charge is 2.30. The van der Waals surface area contributed by atoms with Gasteiger partial charge < -0.3 is 10.1 Å². The molecular formula is C10H19NO. The zero-order valence-corrected chi connectivity index (χ0v) is 8.05. The molecule has 0 radical (unpaired) electrons. The fourth-order valence-electron chi connectivity index (χ4n) is 1.83. The Labute approximate surface area is 75.0 Å². The van der Waals surface area contributed by atoms with Crippen molar-refractivity contribution in [2.45, 2.75) is 31.9 Å². The van der Waals surface area contributed by atoms with Gasteiger partial charge in [-0.3, -0.25) is 0 Å². The molecule has 2 heteroatoms. The fourth-order valence-corrected chi connectivity index (χ4v) is 1.83. The van der Waals surface area contributed by atoms with E-state index in [9.17, 15) is 0 Å². The van der Waals surface area contributed by atoms with Crippen molar-refractivity contribution in [3.8, 4) is 0 Å². The van der Waals surface area contributed by atoms with E-state index in [2.05, 4.69) is 18.8 Å². The predicted molar refractivity (Wildman–Crippen MR) is 51.2 cm³/mol. The van der Waals surface area contributed by atoms with Gasteiger partial charge >= 0.3 is 0 Å². The molecule has 1 fully saturated rings. The Bertz CT molecular complexity index is 147. The molecule has 1 rings (SSSR count). The van der Waals surface area contributed by atoms with Crippen LogP contribution in [0.15, 0.2) is 12.7 Å². The van der Waals surface area contributed by atoms with E-state index in [1.807, 2.05) is 13.1 Å². The van der Waals surface area contributed by atoms with Gasteiger partial charge in [-0.15, -0.1) is 6.58 Å². The summed E-state index contributed by atoms with van der Waals surface area (Å²) in [6.45, 7) is 6.92. The molecule has 3 atom stereocenters. The van der Waals surface area contributed by atoms with E-state index in [1.54, 1.807) is 0 Å². The fraction of sp³-hybridized carbons (Fsp3) is 0.800. The molecule has 70 valence electrons. The zero-order valence-electron chi connectivity index (χ0n) is 8.05. The molecule has 0 aromatic heterocycles. The Morgan fingerprint density at radius 1 is 1.75 bits per heavy atom. The van der Waals surface area contributed by atoms with Crippen LogP contribution in [-0.4, -0.2) is 25.8 Å².